The molecule has 8 rings (SSSR count). The van der Waals surface area contributed by atoms with Crippen molar-refractivity contribution < 1.29 is 19.1 Å². The molecule has 3 N–H and O–H groups in total. The first-order chi connectivity index (χ1) is 21.7. The van der Waals surface area contributed by atoms with Gasteiger partial charge in [0, 0.05) is 61.0 Å². The van der Waals surface area contributed by atoms with E-state index in [0.29, 0.717) is 58.4 Å². The molecule has 0 radical (unpaired) electrons. The Morgan fingerprint density at radius 1 is 1.07 bits per heavy atom. The van der Waals surface area contributed by atoms with Crippen LogP contribution in [-0.4, -0.2) is 79.7 Å². The number of primary amides is 1. The van der Waals surface area contributed by atoms with E-state index in [9.17, 15) is 9.59 Å². The molecule has 0 spiro atoms. The number of hydrogen-bond donors (Lipinski definition) is 2. The quantitative estimate of drug-likeness (QED) is 0.255. The molecule has 230 valence electrons. The molecule has 3 fully saturated rings. The molecule has 3 atom stereocenters. The number of carbonyl (C=O) groups excluding carboxylic acids is 2. The number of nitrogens with two attached hydrogens (primary N) is 1. The molecule has 6 heterocycles. The number of likely N-dealkylation sites (tertiary alicyclic amines) is 1. The molecule has 1 aliphatic carbocycles. The second kappa shape index (κ2) is 10.0. The van der Waals surface area contributed by atoms with Gasteiger partial charge in [-0.3, -0.25) is 9.59 Å². The second-order valence-corrected chi connectivity index (χ2v) is 12.4. The van der Waals surface area contributed by atoms with E-state index >= 15 is 0 Å². The minimum Gasteiger partial charge on any atom is -0.494 e. The monoisotopic (exact) mass is 606 g/mol. The number of rotatable bonds is 8. The number of benzene rings is 1. The predicted molar refractivity (Wildman–Crippen MR) is 168 cm³/mol. The number of ether oxygens (including phenoxy) is 2. The van der Waals surface area contributed by atoms with Crippen LogP contribution in [0.25, 0.3) is 44.8 Å². The van der Waals surface area contributed by atoms with E-state index in [-0.39, 0.29) is 17.6 Å². The van der Waals surface area contributed by atoms with E-state index in [2.05, 4.69) is 27.9 Å². The molecule has 1 aromatic carbocycles. The number of imidazole rings is 1. The number of aromatic nitrogens is 5. The van der Waals surface area contributed by atoms with Crippen LogP contribution < -0.4 is 20.5 Å². The Bertz CT molecular complexity index is 2040. The van der Waals surface area contributed by atoms with Crippen molar-refractivity contribution in [1.82, 2.24) is 34.3 Å². The van der Waals surface area contributed by atoms with Crippen molar-refractivity contribution in [3.8, 4) is 34.3 Å². The highest BCUT2D eigenvalue weighted by atomic mass is 16.5. The minimum absolute atomic E-state index is 0.00142. The van der Waals surface area contributed by atoms with Crippen LogP contribution in [0.1, 0.15) is 40.6 Å². The average molecular weight is 607 g/mol. The lowest BCUT2D eigenvalue weighted by Gasteiger charge is -2.24. The van der Waals surface area contributed by atoms with Gasteiger partial charge in [-0.15, -0.1) is 0 Å². The number of nitrogens with one attached hydrogen (secondary N) is 1. The highest BCUT2D eigenvalue weighted by Crippen LogP contribution is 2.39. The van der Waals surface area contributed by atoms with Crippen LogP contribution in [0.2, 0.25) is 0 Å². The summed E-state index contributed by atoms with van der Waals surface area (Å²) in [4.78, 5) is 41.7. The first-order valence-corrected chi connectivity index (χ1v) is 15.2. The highest BCUT2D eigenvalue weighted by Gasteiger charge is 2.51. The second-order valence-electron chi connectivity index (χ2n) is 12.4. The van der Waals surface area contributed by atoms with E-state index < -0.39 is 5.91 Å². The molecule has 12 nitrogen and oxygen atoms in total. The fraction of sp³-hybridized carbons (Fsp3) is 0.364. The van der Waals surface area contributed by atoms with E-state index in [4.69, 9.17) is 25.2 Å². The Morgan fingerprint density at radius 2 is 1.87 bits per heavy atom. The van der Waals surface area contributed by atoms with Gasteiger partial charge in [0.05, 0.1) is 31.1 Å². The van der Waals surface area contributed by atoms with Crippen LogP contribution in [0, 0.1) is 5.92 Å². The van der Waals surface area contributed by atoms with Crippen LogP contribution >= 0.6 is 0 Å². The van der Waals surface area contributed by atoms with Crippen LogP contribution in [0.4, 0.5) is 0 Å². The first kappa shape index (κ1) is 27.6. The molecule has 4 aromatic heterocycles. The minimum atomic E-state index is -0.653. The van der Waals surface area contributed by atoms with E-state index in [0.717, 1.165) is 34.6 Å². The van der Waals surface area contributed by atoms with Crippen molar-refractivity contribution in [3.05, 3.63) is 53.9 Å². The van der Waals surface area contributed by atoms with Crippen molar-refractivity contribution >= 4 is 33.9 Å². The van der Waals surface area contributed by atoms with Gasteiger partial charge in [0.15, 0.2) is 17.3 Å². The highest BCUT2D eigenvalue weighted by molar-refractivity contribution is 6.00. The number of carbonyl (C=O) groups is 2. The molecule has 12 heteroatoms. The van der Waals surface area contributed by atoms with Gasteiger partial charge in [-0.2, -0.15) is 0 Å². The topological polar surface area (TPSA) is 152 Å². The predicted octanol–water partition coefficient (Wildman–Crippen LogP) is 3.36. The summed E-state index contributed by atoms with van der Waals surface area (Å²) in [5.74, 6) is 1.59. The summed E-state index contributed by atoms with van der Waals surface area (Å²) in [7, 11) is 5.09. The van der Waals surface area contributed by atoms with Crippen LogP contribution in [-0.2, 0) is 13.6 Å². The molecule has 45 heavy (non-hydrogen) atoms. The summed E-state index contributed by atoms with van der Waals surface area (Å²) in [5, 5.41) is 4.41. The van der Waals surface area contributed by atoms with Gasteiger partial charge in [-0.1, -0.05) is 0 Å². The Kier molecular flexibility index (Phi) is 6.14. The van der Waals surface area contributed by atoms with Crippen LogP contribution in [0.15, 0.2) is 42.6 Å². The van der Waals surface area contributed by atoms with Gasteiger partial charge in [-0.05, 0) is 62.1 Å². The van der Waals surface area contributed by atoms with E-state index in [1.807, 2.05) is 40.8 Å². The van der Waals surface area contributed by atoms with Crippen LogP contribution in [0.5, 0.6) is 11.5 Å². The summed E-state index contributed by atoms with van der Waals surface area (Å²) < 4.78 is 15.5. The lowest BCUT2D eigenvalue weighted by molar-refractivity contribution is 0.0727. The molecule has 3 aliphatic rings. The zero-order valence-electron chi connectivity index (χ0n) is 25.6. The van der Waals surface area contributed by atoms with Gasteiger partial charge >= 0.3 is 0 Å². The number of nitrogens with zero attached hydrogens (tertiary/aromatic N) is 6. The zero-order valence-corrected chi connectivity index (χ0v) is 25.6. The standard InChI is InChI=1S/C33H34N8O4/c1-16-27-23(36-27)15-40(16)33(43)19-9-22-29(26(11-19)45-4)39(2)32(38-22)24-10-18-7-8-21(37-31(18)41(24)14-17-5-6-17)20-12-25(44-3)28(30(34)42)35-13-20/h7-13,16-17,23,27,36H,5-6,14-15H2,1-4H3,(H2,34,42)/t16?,23?,27-/m0/s1. The van der Waals surface area contributed by atoms with Gasteiger partial charge in [-0.25, -0.2) is 15.0 Å². The number of aryl methyl sites for hydroxylation is 1. The third-order valence-electron chi connectivity index (χ3n) is 9.51. The zero-order chi connectivity index (χ0) is 31.1. The fourth-order valence-electron chi connectivity index (χ4n) is 6.80. The summed E-state index contributed by atoms with van der Waals surface area (Å²) in [6, 6.07) is 12.5. The molecule has 5 aromatic rings. The first-order valence-electron chi connectivity index (χ1n) is 15.2. The van der Waals surface area contributed by atoms with Crippen molar-refractivity contribution in [2.75, 3.05) is 20.8 Å². The number of fused-ring (bicyclic) bond motifs is 3. The molecule has 2 unspecified atom stereocenters. The molecule has 2 amide bonds. The van der Waals surface area contributed by atoms with Gasteiger partial charge in [0.25, 0.3) is 11.8 Å². The van der Waals surface area contributed by atoms with E-state index in [1.54, 1.807) is 19.4 Å². The van der Waals surface area contributed by atoms with Crippen LogP contribution in [0.3, 0.4) is 0 Å². The number of hydrogen-bond acceptors (Lipinski definition) is 8. The van der Waals surface area contributed by atoms with Crippen molar-refractivity contribution in [3.63, 3.8) is 0 Å². The average Bonchev–Trinajstić information content (AvgIpc) is 3.94. The number of pyridine rings is 2. The van der Waals surface area contributed by atoms with Crippen molar-refractivity contribution in [2.45, 2.75) is 44.4 Å². The largest absolute Gasteiger partial charge is 0.494 e. The number of amides is 2. The third kappa shape index (κ3) is 4.42. The molecule has 1 saturated carbocycles. The third-order valence-corrected chi connectivity index (χ3v) is 9.51. The molecule has 2 aliphatic heterocycles. The fourth-order valence-corrected chi connectivity index (χ4v) is 6.80. The summed E-state index contributed by atoms with van der Waals surface area (Å²) >= 11 is 0. The summed E-state index contributed by atoms with van der Waals surface area (Å²) in [6.07, 6.45) is 3.93. The number of piperazine rings is 1. The Hall–Kier alpha value is -4.97. The summed E-state index contributed by atoms with van der Waals surface area (Å²) in [6.45, 7) is 3.62. The SMILES string of the molecule is COc1cc(-c2ccc3cc(-c4nc5cc(C(=O)N6CC7N[C@H]7C6C)cc(OC)c5n4C)n(CC4CC4)c3n2)cnc1C(N)=O. The molecule has 0 bridgehead atoms. The van der Waals surface area contributed by atoms with Crippen molar-refractivity contribution in [2.24, 2.45) is 18.7 Å². The molecule has 2 saturated heterocycles. The maximum absolute atomic E-state index is 13.6. The normalized spacial score (nSPS) is 20.5. The van der Waals surface area contributed by atoms with Gasteiger partial charge in [0.1, 0.15) is 16.9 Å². The maximum Gasteiger partial charge on any atom is 0.271 e. The molecular formula is C33H34N8O4. The Balaban J connectivity index is 1.23. The number of methoxy groups -OCH3 is 2. The lowest BCUT2D eigenvalue weighted by atomic mass is 10.1. The lowest BCUT2D eigenvalue weighted by Crippen LogP contribution is -2.40. The molecular weight excluding hydrogens is 572 g/mol. The van der Waals surface area contributed by atoms with Gasteiger partial charge < -0.3 is 34.6 Å². The van der Waals surface area contributed by atoms with Crippen molar-refractivity contribution in [1.29, 1.82) is 0 Å². The maximum atomic E-state index is 13.6. The smallest absolute Gasteiger partial charge is 0.271 e. The Morgan fingerprint density at radius 3 is 2.56 bits per heavy atom. The van der Waals surface area contributed by atoms with Gasteiger partial charge in [0.2, 0.25) is 0 Å². The summed E-state index contributed by atoms with van der Waals surface area (Å²) in [5.41, 5.74) is 10.8. The van der Waals surface area contributed by atoms with E-state index in [1.165, 1.54) is 20.0 Å². The Labute approximate surface area is 259 Å².